The summed E-state index contributed by atoms with van der Waals surface area (Å²) in [6.07, 6.45) is 1.46. The average molecular weight is 276 g/mol. The van der Waals surface area contributed by atoms with E-state index in [2.05, 4.69) is 5.10 Å². The fourth-order valence-electron chi connectivity index (χ4n) is 1.88. The molecule has 0 aliphatic carbocycles. The normalized spacial score (nSPS) is 22.8. The number of sulfonamides is 1. The van der Waals surface area contributed by atoms with E-state index in [0.717, 1.165) is 11.5 Å². The molecule has 1 saturated heterocycles. The highest BCUT2D eigenvalue weighted by Gasteiger charge is 2.33. The molecule has 1 fully saturated rings. The number of rotatable bonds is 2. The van der Waals surface area contributed by atoms with Gasteiger partial charge in [0.1, 0.15) is 4.90 Å². The van der Waals surface area contributed by atoms with Gasteiger partial charge in [0, 0.05) is 37.3 Å². The van der Waals surface area contributed by atoms with Crippen molar-refractivity contribution in [3.63, 3.8) is 0 Å². The van der Waals surface area contributed by atoms with Crippen molar-refractivity contribution in [3.8, 4) is 0 Å². The lowest BCUT2D eigenvalue weighted by molar-refractivity contribution is 0.368. The third kappa shape index (κ3) is 2.29. The Labute approximate surface area is 105 Å². The minimum absolute atomic E-state index is 0.00152. The van der Waals surface area contributed by atoms with Gasteiger partial charge in [-0.3, -0.25) is 4.68 Å². The SMILES string of the molecule is CC1CSCCN1S(=O)(=O)c1cn(C)nc1N. The van der Waals surface area contributed by atoms with E-state index in [0.29, 0.717) is 6.54 Å². The number of nitrogens with two attached hydrogens (primary N) is 1. The van der Waals surface area contributed by atoms with Crippen molar-refractivity contribution in [2.45, 2.75) is 17.9 Å². The molecule has 1 aromatic heterocycles. The maximum absolute atomic E-state index is 12.4. The molecule has 0 amide bonds. The van der Waals surface area contributed by atoms with Crippen molar-refractivity contribution in [2.75, 3.05) is 23.8 Å². The van der Waals surface area contributed by atoms with Crippen LogP contribution >= 0.6 is 11.8 Å². The molecule has 1 atom stereocenters. The summed E-state index contributed by atoms with van der Waals surface area (Å²) in [6.45, 7) is 2.44. The number of anilines is 1. The van der Waals surface area contributed by atoms with E-state index in [1.807, 2.05) is 6.92 Å². The van der Waals surface area contributed by atoms with Gasteiger partial charge in [0.2, 0.25) is 10.0 Å². The summed E-state index contributed by atoms with van der Waals surface area (Å²) in [4.78, 5) is 0.110. The number of aryl methyl sites for hydroxylation is 1. The molecule has 8 heteroatoms. The Morgan fingerprint density at radius 3 is 2.82 bits per heavy atom. The van der Waals surface area contributed by atoms with Crippen LogP contribution in [-0.2, 0) is 17.1 Å². The average Bonchev–Trinajstić information content (AvgIpc) is 2.59. The van der Waals surface area contributed by atoms with E-state index >= 15 is 0 Å². The number of hydrogen-bond acceptors (Lipinski definition) is 5. The second kappa shape index (κ2) is 4.51. The molecule has 2 heterocycles. The second-order valence-corrected chi connectivity index (χ2v) is 7.10. The number of nitrogen functional groups attached to an aromatic ring is 1. The van der Waals surface area contributed by atoms with E-state index in [1.54, 1.807) is 18.8 Å². The molecule has 0 bridgehead atoms. The molecule has 6 nitrogen and oxygen atoms in total. The molecule has 0 saturated carbocycles. The van der Waals surface area contributed by atoms with Crippen molar-refractivity contribution >= 4 is 27.6 Å². The van der Waals surface area contributed by atoms with Crippen LogP contribution in [0.3, 0.4) is 0 Å². The van der Waals surface area contributed by atoms with Crippen molar-refractivity contribution in [2.24, 2.45) is 7.05 Å². The minimum atomic E-state index is -3.51. The molecule has 0 spiro atoms. The Bertz CT molecular complexity index is 511. The third-order valence-corrected chi connectivity index (χ3v) is 5.93. The van der Waals surface area contributed by atoms with Gasteiger partial charge in [-0.05, 0) is 6.92 Å². The highest BCUT2D eigenvalue weighted by atomic mass is 32.2. The standard InChI is InChI=1S/C9H16N4O2S2/c1-7-6-16-4-3-13(7)17(14,15)8-5-12(2)11-9(8)10/h5,7H,3-4,6H2,1-2H3,(H2,10,11). The molecule has 1 aromatic rings. The molecule has 96 valence electrons. The molecule has 1 unspecified atom stereocenters. The monoisotopic (exact) mass is 276 g/mol. The van der Waals surface area contributed by atoms with Gasteiger partial charge < -0.3 is 5.73 Å². The maximum atomic E-state index is 12.4. The molecule has 1 aliphatic heterocycles. The summed E-state index contributed by atoms with van der Waals surface area (Å²) in [6, 6.07) is -0.00152. The summed E-state index contributed by atoms with van der Waals surface area (Å²) in [5, 5.41) is 3.88. The zero-order valence-electron chi connectivity index (χ0n) is 9.83. The predicted molar refractivity (Wildman–Crippen MR) is 68.3 cm³/mol. The highest BCUT2D eigenvalue weighted by molar-refractivity contribution is 7.99. The molecule has 0 aromatic carbocycles. The van der Waals surface area contributed by atoms with Crippen LogP contribution in [0, 0.1) is 0 Å². The Hall–Kier alpha value is -0.730. The fourth-order valence-corrected chi connectivity index (χ4v) is 4.82. The molecular formula is C9H16N4O2S2. The van der Waals surface area contributed by atoms with Gasteiger partial charge in [-0.15, -0.1) is 0 Å². The largest absolute Gasteiger partial charge is 0.381 e. The topological polar surface area (TPSA) is 81.2 Å². The van der Waals surface area contributed by atoms with Gasteiger partial charge in [-0.1, -0.05) is 0 Å². The molecule has 2 rings (SSSR count). The Balaban J connectivity index is 2.39. The Morgan fingerprint density at radius 1 is 1.59 bits per heavy atom. The van der Waals surface area contributed by atoms with Crippen LogP contribution in [0.25, 0.3) is 0 Å². The van der Waals surface area contributed by atoms with Crippen molar-refractivity contribution < 1.29 is 8.42 Å². The number of thioether (sulfide) groups is 1. The smallest absolute Gasteiger partial charge is 0.248 e. The lowest BCUT2D eigenvalue weighted by Crippen LogP contribution is -2.44. The fraction of sp³-hybridized carbons (Fsp3) is 0.667. The molecule has 0 radical (unpaired) electrons. The number of nitrogens with zero attached hydrogens (tertiary/aromatic N) is 3. The van der Waals surface area contributed by atoms with E-state index in [4.69, 9.17) is 5.73 Å². The molecular weight excluding hydrogens is 260 g/mol. The third-order valence-electron chi connectivity index (χ3n) is 2.72. The van der Waals surface area contributed by atoms with Crippen LogP contribution in [0.1, 0.15) is 6.92 Å². The molecule has 17 heavy (non-hydrogen) atoms. The maximum Gasteiger partial charge on any atom is 0.248 e. The van der Waals surface area contributed by atoms with Crippen molar-refractivity contribution in [1.82, 2.24) is 14.1 Å². The van der Waals surface area contributed by atoms with Gasteiger partial charge in [0.25, 0.3) is 0 Å². The van der Waals surface area contributed by atoms with Gasteiger partial charge in [-0.2, -0.15) is 21.2 Å². The summed E-state index contributed by atoms with van der Waals surface area (Å²) in [5.74, 6) is 1.71. The van der Waals surface area contributed by atoms with Crippen LogP contribution in [0.15, 0.2) is 11.1 Å². The van der Waals surface area contributed by atoms with Crippen LogP contribution in [-0.4, -0.2) is 46.6 Å². The lowest BCUT2D eigenvalue weighted by Gasteiger charge is -2.31. The Kier molecular flexibility index (Phi) is 3.37. The second-order valence-electron chi connectivity index (χ2n) is 4.09. The minimum Gasteiger partial charge on any atom is -0.381 e. The quantitative estimate of drug-likeness (QED) is 0.830. The zero-order valence-corrected chi connectivity index (χ0v) is 11.5. The highest BCUT2D eigenvalue weighted by Crippen LogP contribution is 2.26. The number of hydrogen-bond donors (Lipinski definition) is 1. The molecule has 2 N–H and O–H groups in total. The Morgan fingerprint density at radius 2 is 2.29 bits per heavy atom. The summed E-state index contributed by atoms with van der Waals surface area (Å²) < 4.78 is 27.8. The van der Waals surface area contributed by atoms with Crippen molar-refractivity contribution in [1.29, 1.82) is 0 Å². The summed E-state index contributed by atoms with van der Waals surface area (Å²) >= 11 is 1.77. The summed E-state index contributed by atoms with van der Waals surface area (Å²) in [5.41, 5.74) is 5.64. The van der Waals surface area contributed by atoms with E-state index < -0.39 is 10.0 Å². The van der Waals surface area contributed by atoms with Gasteiger partial charge in [-0.25, -0.2) is 8.42 Å². The predicted octanol–water partition coefficient (Wildman–Crippen LogP) is 0.128. The van der Waals surface area contributed by atoms with Crippen LogP contribution in [0.5, 0.6) is 0 Å². The first-order valence-corrected chi connectivity index (χ1v) is 7.91. The van der Waals surface area contributed by atoms with Crippen LogP contribution < -0.4 is 5.73 Å². The first-order valence-electron chi connectivity index (χ1n) is 5.31. The lowest BCUT2D eigenvalue weighted by atomic mass is 10.4. The van der Waals surface area contributed by atoms with E-state index in [1.165, 1.54) is 15.2 Å². The van der Waals surface area contributed by atoms with Crippen molar-refractivity contribution in [3.05, 3.63) is 6.20 Å². The van der Waals surface area contributed by atoms with Gasteiger partial charge >= 0.3 is 0 Å². The zero-order chi connectivity index (χ0) is 12.6. The van der Waals surface area contributed by atoms with Gasteiger partial charge in [0.05, 0.1) is 0 Å². The number of aromatic nitrogens is 2. The van der Waals surface area contributed by atoms with Gasteiger partial charge in [0.15, 0.2) is 5.82 Å². The van der Waals surface area contributed by atoms with Crippen LogP contribution in [0.2, 0.25) is 0 Å². The van der Waals surface area contributed by atoms with E-state index in [-0.39, 0.29) is 16.8 Å². The molecule has 1 aliphatic rings. The summed E-state index contributed by atoms with van der Waals surface area (Å²) in [7, 11) is -1.85. The van der Waals surface area contributed by atoms with E-state index in [9.17, 15) is 8.42 Å². The first kappa shape index (κ1) is 12.7. The first-order chi connectivity index (χ1) is 7.93. The van der Waals surface area contributed by atoms with Crippen LogP contribution in [0.4, 0.5) is 5.82 Å².